The minimum Gasteiger partial charge on any atom is -0.356 e. The minimum absolute atomic E-state index is 0.0342. The molecule has 30 heavy (non-hydrogen) atoms. The van der Waals surface area contributed by atoms with Crippen LogP contribution in [0.3, 0.4) is 0 Å². The number of carbonyl (C=O) groups is 1. The van der Waals surface area contributed by atoms with Gasteiger partial charge in [-0.3, -0.25) is 0 Å². The lowest BCUT2D eigenvalue weighted by Gasteiger charge is -2.27. The Morgan fingerprint density at radius 1 is 0.733 bits per heavy atom. The first-order chi connectivity index (χ1) is 14.8. The lowest BCUT2D eigenvalue weighted by atomic mass is 9.91. The summed E-state index contributed by atoms with van der Waals surface area (Å²) in [5.74, 6) is 0. The van der Waals surface area contributed by atoms with Gasteiger partial charge in [-0.25, -0.2) is 4.79 Å². The highest BCUT2D eigenvalue weighted by Gasteiger charge is 2.28. The van der Waals surface area contributed by atoms with Gasteiger partial charge in [0.25, 0.3) is 0 Å². The number of aryl methyl sites for hydroxylation is 2. The number of benzene rings is 2. The van der Waals surface area contributed by atoms with E-state index in [1.54, 1.807) is 0 Å². The summed E-state index contributed by atoms with van der Waals surface area (Å²) in [6.07, 6.45) is 6.26. The van der Waals surface area contributed by atoms with E-state index in [1.165, 1.54) is 33.3 Å². The molecule has 2 atom stereocenters. The van der Waals surface area contributed by atoms with E-state index in [0.717, 1.165) is 49.6 Å². The van der Waals surface area contributed by atoms with E-state index >= 15 is 0 Å². The zero-order valence-electron chi connectivity index (χ0n) is 16.9. The molecular weight excluding hydrogens is 372 g/mol. The van der Waals surface area contributed by atoms with Gasteiger partial charge in [0.2, 0.25) is 0 Å². The van der Waals surface area contributed by atoms with Crippen molar-refractivity contribution in [1.29, 1.82) is 0 Å². The largest absolute Gasteiger partial charge is 0.356 e. The van der Waals surface area contributed by atoms with E-state index < -0.39 is 0 Å². The molecule has 152 valence electrons. The van der Waals surface area contributed by atoms with Crippen molar-refractivity contribution in [3.8, 4) is 0 Å². The maximum absolute atomic E-state index is 13.0. The van der Waals surface area contributed by atoms with Gasteiger partial charge in [0, 0.05) is 33.2 Å². The number of hydrogen-bond donors (Lipinski definition) is 4. The van der Waals surface area contributed by atoms with E-state index in [0.29, 0.717) is 0 Å². The van der Waals surface area contributed by atoms with E-state index in [1.807, 2.05) is 0 Å². The van der Waals surface area contributed by atoms with Crippen LogP contribution >= 0.6 is 0 Å². The molecule has 4 aromatic rings. The van der Waals surface area contributed by atoms with Gasteiger partial charge in [-0.2, -0.15) is 0 Å². The Morgan fingerprint density at radius 3 is 1.70 bits per heavy atom. The Morgan fingerprint density at radius 2 is 1.20 bits per heavy atom. The molecule has 2 aromatic heterocycles. The predicted molar refractivity (Wildman–Crippen MR) is 120 cm³/mol. The van der Waals surface area contributed by atoms with Gasteiger partial charge in [-0.05, 0) is 61.8 Å². The first-order valence-electron chi connectivity index (χ1n) is 11.0. The molecule has 0 aliphatic heterocycles. The molecule has 2 aromatic carbocycles. The fraction of sp³-hybridized carbons (Fsp3) is 0.320. The fourth-order valence-corrected chi connectivity index (χ4v) is 5.48. The lowest BCUT2D eigenvalue weighted by molar-refractivity contribution is 0.229. The van der Waals surface area contributed by atoms with Gasteiger partial charge < -0.3 is 20.6 Å². The highest BCUT2D eigenvalue weighted by Crippen LogP contribution is 2.36. The van der Waals surface area contributed by atoms with E-state index in [2.05, 4.69) is 69.1 Å². The maximum Gasteiger partial charge on any atom is 0.315 e. The van der Waals surface area contributed by atoms with Gasteiger partial charge in [-0.15, -0.1) is 0 Å². The zero-order valence-corrected chi connectivity index (χ0v) is 16.9. The molecule has 0 fully saturated rings. The second-order valence-electron chi connectivity index (χ2n) is 8.63. The second-order valence-corrected chi connectivity index (χ2v) is 8.63. The van der Waals surface area contributed by atoms with Gasteiger partial charge in [0.1, 0.15) is 0 Å². The molecule has 5 heteroatoms. The average molecular weight is 399 g/mol. The van der Waals surface area contributed by atoms with Crippen LogP contribution in [0, 0.1) is 0 Å². The molecule has 0 radical (unpaired) electrons. The highest BCUT2D eigenvalue weighted by atomic mass is 16.2. The number of amides is 2. The van der Waals surface area contributed by atoms with Crippen LogP contribution in [0.1, 0.15) is 60.3 Å². The van der Waals surface area contributed by atoms with Crippen molar-refractivity contribution >= 4 is 27.8 Å². The van der Waals surface area contributed by atoms with Crippen molar-refractivity contribution < 1.29 is 4.79 Å². The standard InChI is InChI=1S/C25H26N4O/c30-25(28-21-13-5-9-17-15-7-1-3-11-19(15)26-23(17)21)29-22-14-6-10-18-16-8-2-4-12-20(16)27-24(18)22/h1-4,7-8,11-12,21-22,26-27H,5-6,9-10,13-14H2,(H2,28,29,30)/t21-,22+. The summed E-state index contributed by atoms with van der Waals surface area (Å²) in [6, 6.07) is 16.8. The van der Waals surface area contributed by atoms with Crippen molar-refractivity contribution in [2.45, 2.75) is 50.6 Å². The number of aromatic nitrogens is 2. The van der Waals surface area contributed by atoms with Crippen LogP contribution in [0.15, 0.2) is 48.5 Å². The third-order valence-corrected chi connectivity index (χ3v) is 6.84. The van der Waals surface area contributed by atoms with Crippen LogP contribution in [0.4, 0.5) is 4.79 Å². The summed E-state index contributed by atoms with van der Waals surface area (Å²) in [4.78, 5) is 20.1. The summed E-state index contributed by atoms with van der Waals surface area (Å²) < 4.78 is 0. The normalized spacial score (nSPS) is 20.7. The average Bonchev–Trinajstić information content (AvgIpc) is 3.34. The molecule has 2 aliphatic carbocycles. The van der Waals surface area contributed by atoms with Crippen LogP contribution in [-0.4, -0.2) is 16.0 Å². The monoisotopic (exact) mass is 398 g/mol. The zero-order chi connectivity index (χ0) is 20.1. The summed E-state index contributed by atoms with van der Waals surface area (Å²) >= 11 is 0. The van der Waals surface area contributed by atoms with Crippen molar-refractivity contribution in [3.05, 3.63) is 71.0 Å². The third-order valence-electron chi connectivity index (χ3n) is 6.84. The number of fused-ring (bicyclic) bond motifs is 6. The van der Waals surface area contributed by atoms with E-state index in [-0.39, 0.29) is 18.1 Å². The molecule has 5 nitrogen and oxygen atoms in total. The quantitative estimate of drug-likeness (QED) is 0.358. The van der Waals surface area contributed by atoms with Gasteiger partial charge in [-0.1, -0.05) is 36.4 Å². The topological polar surface area (TPSA) is 72.7 Å². The maximum atomic E-state index is 13.0. The van der Waals surface area contributed by atoms with Crippen LogP contribution < -0.4 is 10.6 Å². The molecule has 2 aliphatic rings. The minimum atomic E-state index is -0.0805. The van der Waals surface area contributed by atoms with Crippen molar-refractivity contribution in [3.63, 3.8) is 0 Å². The number of nitrogens with one attached hydrogen (secondary N) is 4. The Hall–Kier alpha value is -3.21. The Balaban J connectivity index is 1.24. The molecule has 0 spiro atoms. The summed E-state index contributed by atoms with van der Waals surface area (Å²) in [7, 11) is 0. The highest BCUT2D eigenvalue weighted by molar-refractivity contribution is 5.86. The van der Waals surface area contributed by atoms with Crippen LogP contribution in [0.5, 0.6) is 0 Å². The Bertz CT molecular complexity index is 1150. The first-order valence-corrected chi connectivity index (χ1v) is 11.0. The predicted octanol–water partition coefficient (Wildman–Crippen LogP) is 5.40. The number of carbonyl (C=O) groups excluding carboxylic acids is 1. The Kier molecular flexibility index (Phi) is 4.08. The number of para-hydroxylation sites is 2. The summed E-state index contributed by atoms with van der Waals surface area (Å²) in [6.45, 7) is 0. The van der Waals surface area contributed by atoms with E-state index in [4.69, 9.17) is 0 Å². The van der Waals surface area contributed by atoms with Gasteiger partial charge in [0.15, 0.2) is 0 Å². The van der Waals surface area contributed by atoms with Crippen molar-refractivity contribution in [1.82, 2.24) is 20.6 Å². The molecule has 2 amide bonds. The summed E-state index contributed by atoms with van der Waals surface area (Å²) in [5.41, 5.74) is 7.38. The number of hydrogen-bond acceptors (Lipinski definition) is 1. The Labute approximate surface area is 175 Å². The molecule has 0 bridgehead atoms. The second kappa shape index (κ2) is 6.94. The first kappa shape index (κ1) is 17.6. The van der Waals surface area contributed by atoms with Crippen LogP contribution in [-0.2, 0) is 12.8 Å². The number of rotatable bonds is 2. The number of aromatic amines is 2. The molecule has 0 unspecified atom stereocenters. The van der Waals surface area contributed by atoms with E-state index in [9.17, 15) is 4.79 Å². The molecule has 4 N–H and O–H groups in total. The van der Waals surface area contributed by atoms with Crippen LogP contribution in [0.25, 0.3) is 21.8 Å². The number of urea groups is 1. The van der Waals surface area contributed by atoms with Gasteiger partial charge in [0.05, 0.1) is 12.1 Å². The third kappa shape index (κ3) is 2.80. The van der Waals surface area contributed by atoms with Gasteiger partial charge >= 0.3 is 6.03 Å². The molecule has 6 rings (SSSR count). The SMILES string of the molecule is O=C(N[C@H]1CCCc2c1[nH]c1ccccc21)N[C@@H]1CCCc2c1[nH]c1ccccc21. The van der Waals surface area contributed by atoms with Crippen molar-refractivity contribution in [2.24, 2.45) is 0 Å². The molecule has 0 saturated carbocycles. The number of H-pyrrole nitrogens is 2. The fourth-order valence-electron chi connectivity index (χ4n) is 5.48. The summed E-state index contributed by atoms with van der Waals surface area (Å²) in [5, 5.41) is 9.08. The van der Waals surface area contributed by atoms with Crippen LogP contribution in [0.2, 0.25) is 0 Å². The molecular formula is C25H26N4O. The smallest absolute Gasteiger partial charge is 0.315 e. The lowest BCUT2D eigenvalue weighted by Crippen LogP contribution is -2.41. The van der Waals surface area contributed by atoms with Crippen molar-refractivity contribution in [2.75, 3.05) is 0 Å². The molecule has 0 saturated heterocycles. The molecule has 2 heterocycles.